The summed E-state index contributed by atoms with van der Waals surface area (Å²) in [7, 11) is 0. The van der Waals surface area contributed by atoms with Gasteiger partial charge < -0.3 is 4.74 Å². The second-order valence-corrected chi connectivity index (χ2v) is 2.11. The van der Waals surface area contributed by atoms with E-state index in [0.29, 0.717) is 0 Å². The van der Waals surface area contributed by atoms with Crippen LogP contribution in [-0.2, 0) is 14.5 Å². The number of halogens is 2. The van der Waals surface area contributed by atoms with Gasteiger partial charge in [0, 0.05) is 0 Å². The van der Waals surface area contributed by atoms with Crippen LogP contribution in [0.1, 0.15) is 0 Å². The molecule has 0 bridgehead atoms. The van der Waals surface area contributed by atoms with Gasteiger partial charge in [0.1, 0.15) is 0 Å². The van der Waals surface area contributed by atoms with Gasteiger partial charge >= 0.3 is 0 Å². The molecule has 0 aliphatic carbocycles. The van der Waals surface area contributed by atoms with Crippen LogP contribution in [0.25, 0.3) is 0 Å². The number of ether oxygens (including phenoxy) is 1. The van der Waals surface area contributed by atoms with Gasteiger partial charge in [-0.25, -0.2) is 9.78 Å². The second kappa shape index (κ2) is 3.58. The van der Waals surface area contributed by atoms with Crippen molar-refractivity contribution < 1.29 is 14.5 Å². The minimum Gasteiger partial charge on any atom is -0.315 e. The fourth-order valence-electron chi connectivity index (χ4n) is 0.463. The first-order valence-electron chi connectivity index (χ1n) is 2.46. The Morgan fingerprint density at radius 2 is 1.44 bits per heavy atom. The van der Waals surface area contributed by atoms with Crippen LogP contribution in [0.2, 0.25) is 0 Å². The highest BCUT2D eigenvalue weighted by molar-refractivity contribution is 6.18. The minimum absolute atomic E-state index is 0.257. The molecule has 0 aromatic carbocycles. The largest absolute Gasteiger partial charge is 0.315 e. The second-order valence-electron chi connectivity index (χ2n) is 1.50. The smallest absolute Gasteiger partial charge is 0.207 e. The summed E-state index contributed by atoms with van der Waals surface area (Å²) in [6.45, 7) is 0. The van der Waals surface area contributed by atoms with Crippen molar-refractivity contribution in [1.29, 1.82) is 0 Å². The van der Waals surface area contributed by atoms with Gasteiger partial charge in [-0.1, -0.05) is 0 Å². The Kier molecular flexibility index (Phi) is 3.01. The van der Waals surface area contributed by atoms with E-state index in [4.69, 9.17) is 27.9 Å². The molecule has 0 aromatic heterocycles. The zero-order valence-electron chi connectivity index (χ0n) is 4.55. The predicted octanol–water partition coefficient (Wildman–Crippen LogP) is 1.09. The lowest BCUT2D eigenvalue weighted by atomic mass is 10.7. The number of hydrogen-bond acceptors (Lipinski definition) is 3. The van der Waals surface area contributed by atoms with Crippen molar-refractivity contribution in [2.75, 3.05) is 11.8 Å². The Morgan fingerprint density at radius 1 is 1.00 bits per heavy atom. The monoisotopic (exact) mass is 172 g/mol. The van der Waals surface area contributed by atoms with E-state index in [2.05, 4.69) is 9.78 Å². The maximum absolute atomic E-state index is 5.36. The Hall–Kier alpha value is 0.460. The SMILES string of the molecule is ClCC1OOC(CCl)O1. The van der Waals surface area contributed by atoms with E-state index >= 15 is 0 Å². The van der Waals surface area contributed by atoms with E-state index in [9.17, 15) is 0 Å². The van der Waals surface area contributed by atoms with Gasteiger partial charge in [0.05, 0.1) is 11.8 Å². The summed E-state index contributed by atoms with van der Waals surface area (Å²) in [4.78, 5) is 9.13. The summed E-state index contributed by atoms with van der Waals surface area (Å²) in [5, 5.41) is 0. The van der Waals surface area contributed by atoms with E-state index in [1.165, 1.54) is 0 Å². The molecule has 1 fully saturated rings. The Bertz CT molecular complexity index is 79.9. The van der Waals surface area contributed by atoms with E-state index in [-0.39, 0.29) is 11.8 Å². The van der Waals surface area contributed by atoms with Gasteiger partial charge in [0.15, 0.2) is 0 Å². The molecule has 2 unspecified atom stereocenters. The highest BCUT2D eigenvalue weighted by Gasteiger charge is 2.25. The summed E-state index contributed by atoms with van der Waals surface area (Å²) in [6, 6.07) is 0. The molecule has 5 heteroatoms. The topological polar surface area (TPSA) is 27.7 Å². The van der Waals surface area contributed by atoms with Crippen molar-refractivity contribution in [2.45, 2.75) is 12.6 Å². The molecule has 1 rings (SSSR count). The van der Waals surface area contributed by atoms with Gasteiger partial charge in [-0.3, -0.25) is 0 Å². The fourth-order valence-corrected chi connectivity index (χ4v) is 0.711. The van der Waals surface area contributed by atoms with Gasteiger partial charge in [0.2, 0.25) is 12.6 Å². The third kappa shape index (κ3) is 1.95. The lowest BCUT2D eigenvalue weighted by molar-refractivity contribution is -0.289. The quantitative estimate of drug-likeness (QED) is 0.462. The summed E-state index contributed by atoms with van der Waals surface area (Å²) >= 11 is 10.7. The molecule has 0 aromatic rings. The summed E-state index contributed by atoms with van der Waals surface area (Å²) in [5.41, 5.74) is 0. The molecule has 1 saturated heterocycles. The van der Waals surface area contributed by atoms with Gasteiger partial charge in [-0.2, -0.15) is 0 Å². The molecule has 0 saturated carbocycles. The molecule has 54 valence electrons. The molecule has 1 aliphatic heterocycles. The van der Waals surface area contributed by atoms with Crippen molar-refractivity contribution in [3.8, 4) is 0 Å². The van der Waals surface area contributed by atoms with Crippen LogP contribution in [-0.4, -0.2) is 24.3 Å². The Labute approximate surface area is 62.7 Å². The number of hydrogen-bond donors (Lipinski definition) is 0. The molecule has 1 heterocycles. The van der Waals surface area contributed by atoms with Crippen molar-refractivity contribution in [2.24, 2.45) is 0 Å². The van der Waals surface area contributed by atoms with E-state index in [1.807, 2.05) is 0 Å². The maximum Gasteiger partial charge on any atom is 0.207 e. The van der Waals surface area contributed by atoms with Crippen LogP contribution < -0.4 is 0 Å². The molecule has 0 spiro atoms. The molecular formula is C4H6Cl2O3. The lowest BCUT2D eigenvalue weighted by Gasteiger charge is -1.99. The van der Waals surface area contributed by atoms with Gasteiger partial charge in [0.25, 0.3) is 0 Å². The molecule has 0 radical (unpaired) electrons. The van der Waals surface area contributed by atoms with Crippen molar-refractivity contribution in [3.63, 3.8) is 0 Å². The summed E-state index contributed by atoms with van der Waals surface area (Å²) < 4.78 is 4.95. The van der Waals surface area contributed by atoms with Crippen molar-refractivity contribution in [1.82, 2.24) is 0 Å². The van der Waals surface area contributed by atoms with E-state index in [1.54, 1.807) is 0 Å². The zero-order chi connectivity index (χ0) is 6.69. The van der Waals surface area contributed by atoms with Crippen LogP contribution in [0.5, 0.6) is 0 Å². The first kappa shape index (κ1) is 7.57. The van der Waals surface area contributed by atoms with Crippen LogP contribution >= 0.6 is 23.2 Å². The average molecular weight is 173 g/mol. The van der Waals surface area contributed by atoms with Crippen LogP contribution in [0.15, 0.2) is 0 Å². The summed E-state index contributed by atoms with van der Waals surface area (Å²) in [5.74, 6) is 0.515. The predicted molar refractivity (Wildman–Crippen MR) is 32.3 cm³/mol. The van der Waals surface area contributed by atoms with Crippen molar-refractivity contribution >= 4 is 23.2 Å². The highest BCUT2D eigenvalue weighted by Crippen LogP contribution is 2.14. The standard InChI is InChI=1S/C4H6Cl2O3/c5-1-3-7-4(2-6)9-8-3/h3-4H,1-2H2. The van der Waals surface area contributed by atoms with Crippen LogP contribution in [0.4, 0.5) is 0 Å². The van der Waals surface area contributed by atoms with Crippen LogP contribution in [0.3, 0.4) is 0 Å². The first-order valence-corrected chi connectivity index (χ1v) is 3.53. The minimum atomic E-state index is -0.463. The molecule has 1 aliphatic rings. The summed E-state index contributed by atoms with van der Waals surface area (Å²) in [6.07, 6.45) is -0.925. The number of rotatable bonds is 2. The van der Waals surface area contributed by atoms with Gasteiger partial charge in [-0.05, 0) is 0 Å². The zero-order valence-corrected chi connectivity index (χ0v) is 6.06. The molecule has 2 atom stereocenters. The molecule has 3 nitrogen and oxygen atoms in total. The third-order valence-electron chi connectivity index (χ3n) is 0.826. The Balaban J connectivity index is 2.20. The molecule has 0 N–H and O–H groups in total. The average Bonchev–Trinajstić information content (AvgIpc) is 2.34. The van der Waals surface area contributed by atoms with E-state index < -0.39 is 12.6 Å². The maximum atomic E-state index is 5.36. The third-order valence-corrected chi connectivity index (χ3v) is 1.33. The van der Waals surface area contributed by atoms with Crippen molar-refractivity contribution in [3.05, 3.63) is 0 Å². The number of alkyl halides is 2. The fraction of sp³-hybridized carbons (Fsp3) is 1.00. The normalized spacial score (nSPS) is 35.3. The Morgan fingerprint density at radius 3 is 1.67 bits per heavy atom. The van der Waals surface area contributed by atoms with Gasteiger partial charge in [-0.15, -0.1) is 23.2 Å². The highest BCUT2D eigenvalue weighted by atomic mass is 35.5. The molecule has 9 heavy (non-hydrogen) atoms. The molecule has 0 amide bonds. The molecular weight excluding hydrogens is 167 g/mol. The first-order chi connectivity index (χ1) is 4.36. The van der Waals surface area contributed by atoms with Crippen LogP contribution in [0, 0.1) is 0 Å². The van der Waals surface area contributed by atoms with E-state index in [0.717, 1.165) is 0 Å². The lowest BCUT2D eigenvalue weighted by Crippen LogP contribution is -2.13.